The zero-order valence-electron chi connectivity index (χ0n) is 36.8. The van der Waals surface area contributed by atoms with Crippen LogP contribution < -0.4 is 0 Å². The second-order valence-corrected chi connectivity index (χ2v) is 19.5. The third-order valence-electron chi connectivity index (χ3n) is 15.8. The minimum Gasteiger partial charge on any atom is -0.432 e. The van der Waals surface area contributed by atoms with E-state index in [9.17, 15) is 71.2 Å². The maximum atomic E-state index is 14.2. The van der Waals surface area contributed by atoms with Crippen LogP contribution in [0.5, 0.6) is 0 Å². The van der Waals surface area contributed by atoms with Gasteiger partial charge in [0.15, 0.2) is 12.6 Å². The Balaban J connectivity index is 1.26. The van der Waals surface area contributed by atoms with Crippen molar-refractivity contribution in [3.05, 3.63) is 12.2 Å². The zero-order valence-corrected chi connectivity index (χ0v) is 36.8. The van der Waals surface area contributed by atoms with E-state index >= 15 is 0 Å². The first-order chi connectivity index (χ1) is 30.2. The SMILES string of the molecule is C=C1CC2CCC3[C@](C)(C(=O)OC4OC(CO)C(O)C(O)C4O)CCC[C@@]3(C)[C@@H]2CC1CC1OC(CO)C(O)C(OC2OC(CO)C(O)C(O)C2O)C1OC(O)C(O)C(O)C(C)OC. The van der Waals surface area contributed by atoms with E-state index in [0.29, 0.717) is 32.1 Å². The molecule has 3 aliphatic carbocycles. The second kappa shape index (κ2) is 21.0. The molecule has 0 aromatic heterocycles. The van der Waals surface area contributed by atoms with Gasteiger partial charge in [-0.05, 0) is 87.9 Å². The Morgan fingerprint density at radius 3 is 1.92 bits per heavy atom. The lowest BCUT2D eigenvalue weighted by atomic mass is 9.43. The van der Waals surface area contributed by atoms with Gasteiger partial charge in [-0.3, -0.25) is 4.79 Å². The van der Waals surface area contributed by atoms with Crippen LogP contribution >= 0.6 is 0 Å². The molecule has 13 N–H and O–H groups in total. The van der Waals surface area contributed by atoms with Crippen molar-refractivity contribution in [1.82, 2.24) is 0 Å². The molecule has 3 aliphatic heterocycles. The number of fused-ring (bicyclic) bond motifs is 3. The third-order valence-corrected chi connectivity index (χ3v) is 15.8. The first-order valence-electron chi connectivity index (χ1n) is 22.5. The smallest absolute Gasteiger partial charge is 0.314 e. The van der Waals surface area contributed by atoms with Gasteiger partial charge in [-0.1, -0.05) is 25.5 Å². The number of rotatable bonds is 15. The van der Waals surface area contributed by atoms with Gasteiger partial charge in [0.05, 0.1) is 37.4 Å². The number of carbonyl (C=O) groups excluding carboxylic acids is 1. The fourth-order valence-electron chi connectivity index (χ4n) is 11.8. The van der Waals surface area contributed by atoms with Crippen LogP contribution in [0.4, 0.5) is 0 Å². The number of aliphatic hydroxyl groups is 13. The van der Waals surface area contributed by atoms with Gasteiger partial charge in [-0.15, -0.1) is 0 Å². The predicted octanol–water partition coefficient (Wildman–Crippen LogP) is -3.71. The number of carbonyl (C=O) groups is 1. The summed E-state index contributed by atoms with van der Waals surface area (Å²) in [5.41, 5.74) is -0.609. The van der Waals surface area contributed by atoms with Crippen molar-refractivity contribution in [2.24, 2.45) is 34.5 Å². The van der Waals surface area contributed by atoms with Crippen molar-refractivity contribution < 1.29 is 104 Å². The Hall–Kier alpha value is -1.55. The first-order valence-corrected chi connectivity index (χ1v) is 22.5. The van der Waals surface area contributed by atoms with Gasteiger partial charge in [0.25, 0.3) is 0 Å². The molecular weight excluding hydrogens is 852 g/mol. The van der Waals surface area contributed by atoms with Crippen molar-refractivity contribution >= 4 is 5.97 Å². The summed E-state index contributed by atoms with van der Waals surface area (Å²) in [5.74, 6) is -0.968. The highest BCUT2D eigenvalue weighted by Gasteiger charge is 2.62. The van der Waals surface area contributed by atoms with Gasteiger partial charge in [0, 0.05) is 7.11 Å². The van der Waals surface area contributed by atoms with Crippen molar-refractivity contribution in [3.63, 3.8) is 0 Å². The zero-order chi connectivity index (χ0) is 47.2. The van der Waals surface area contributed by atoms with Crippen molar-refractivity contribution in [2.75, 3.05) is 26.9 Å². The molecule has 0 bridgehead atoms. The Kier molecular flexibility index (Phi) is 17.0. The lowest BCUT2D eigenvalue weighted by molar-refractivity contribution is -0.357. The van der Waals surface area contributed by atoms with Crippen LogP contribution in [0, 0.1) is 34.5 Å². The Bertz CT molecular complexity index is 1550. The quantitative estimate of drug-likeness (QED) is 0.0427. The molecule has 6 aliphatic rings. The van der Waals surface area contributed by atoms with Crippen molar-refractivity contribution in [3.8, 4) is 0 Å². The van der Waals surface area contributed by atoms with E-state index in [1.165, 1.54) is 14.0 Å². The number of esters is 1. The van der Waals surface area contributed by atoms with Crippen LogP contribution in [-0.4, -0.2) is 216 Å². The normalized spacial score (nSPS) is 48.3. The summed E-state index contributed by atoms with van der Waals surface area (Å²) in [6, 6.07) is 0. The van der Waals surface area contributed by atoms with Crippen LogP contribution in [0.3, 0.4) is 0 Å². The van der Waals surface area contributed by atoms with Crippen molar-refractivity contribution in [1.29, 1.82) is 0 Å². The molecule has 0 aromatic rings. The molecule has 0 aromatic carbocycles. The highest BCUT2D eigenvalue weighted by molar-refractivity contribution is 5.77. The number of ether oxygens (including phenoxy) is 7. The van der Waals surface area contributed by atoms with Crippen LogP contribution in [0.1, 0.15) is 72.1 Å². The maximum Gasteiger partial charge on any atom is 0.314 e. The molecule has 6 fully saturated rings. The molecule has 0 spiro atoms. The summed E-state index contributed by atoms with van der Waals surface area (Å²) < 4.78 is 40.4. The Morgan fingerprint density at radius 1 is 0.750 bits per heavy atom. The molecule has 3 saturated heterocycles. The Morgan fingerprint density at radius 2 is 1.33 bits per heavy atom. The van der Waals surface area contributed by atoms with Gasteiger partial charge >= 0.3 is 5.97 Å². The average molecular weight is 925 g/mol. The summed E-state index contributed by atoms with van der Waals surface area (Å²) in [5, 5.41) is 138. The third kappa shape index (κ3) is 9.83. The largest absolute Gasteiger partial charge is 0.432 e. The number of allylic oxidation sites excluding steroid dienone is 1. The molecule has 25 atom stereocenters. The minimum atomic E-state index is -2.15. The summed E-state index contributed by atoms with van der Waals surface area (Å²) in [7, 11) is 1.29. The molecule has 3 saturated carbocycles. The highest BCUT2D eigenvalue weighted by atomic mass is 16.7. The Labute approximate surface area is 372 Å². The number of hydrogen-bond donors (Lipinski definition) is 13. The van der Waals surface area contributed by atoms with Gasteiger partial charge in [-0.25, -0.2) is 0 Å². The average Bonchev–Trinajstić information content (AvgIpc) is 3.27. The van der Waals surface area contributed by atoms with Crippen LogP contribution in [0.25, 0.3) is 0 Å². The molecule has 22 unspecified atom stereocenters. The van der Waals surface area contributed by atoms with Crippen LogP contribution in [-0.2, 0) is 38.0 Å². The van der Waals surface area contributed by atoms with Crippen molar-refractivity contribution in [2.45, 2.75) is 189 Å². The van der Waals surface area contributed by atoms with Gasteiger partial charge in [0.1, 0.15) is 85.5 Å². The van der Waals surface area contributed by atoms with E-state index in [4.69, 9.17) is 33.2 Å². The molecule has 370 valence electrons. The molecule has 64 heavy (non-hydrogen) atoms. The lowest BCUT2D eigenvalue weighted by Crippen LogP contribution is -2.66. The van der Waals surface area contributed by atoms with E-state index in [2.05, 4.69) is 13.5 Å². The first kappa shape index (κ1) is 51.8. The maximum absolute atomic E-state index is 14.2. The molecule has 21 nitrogen and oxygen atoms in total. The van der Waals surface area contributed by atoms with Crippen LogP contribution in [0.15, 0.2) is 12.2 Å². The summed E-state index contributed by atoms with van der Waals surface area (Å²) in [4.78, 5) is 14.2. The van der Waals surface area contributed by atoms with Gasteiger partial charge in [0.2, 0.25) is 6.29 Å². The molecule has 3 heterocycles. The number of aliphatic hydroxyl groups excluding tert-OH is 13. The molecule has 0 radical (unpaired) electrons. The second-order valence-electron chi connectivity index (χ2n) is 19.5. The van der Waals surface area contributed by atoms with Gasteiger partial charge < -0.3 is 99.5 Å². The molecule has 0 amide bonds. The van der Waals surface area contributed by atoms with Gasteiger partial charge in [-0.2, -0.15) is 0 Å². The van der Waals surface area contributed by atoms with E-state index < -0.39 is 153 Å². The molecule has 21 heteroatoms. The summed E-state index contributed by atoms with van der Waals surface area (Å²) in [6.07, 6.45) is -26.2. The predicted molar refractivity (Wildman–Crippen MR) is 216 cm³/mol. The number of hydrogen-bond acceptors (Lipinski definition) is 21. The van der Waals surface area contributed by atoms with E-state index in [1.807, 2.05) is 6.92 Å². The van der Waals surface area contributed by atoms with Crippen LogP contribution in [0.2, 0.25) is 0 Å². The summed E-state index contributed by atoms with van der Waals surface area (Å²) in [6.45, 7) is 7.69. The molecular formula is C43H72O21. The number of methoxy groups -OCH3 is 1. The minimum absolute atomic E-state index is 0.0166. The lowest BCUT2D eigenvalue weighted by Gasteiger charge is -2.61. The molecule has 6 rings (SSSR count). The fraction of sp³-hybridized carbons (Fsp3) is 0.930. The summed E-state index contributed by atoms with van der Waals surface area (Å²) >= 11 is 0. The van der Waals surface area contributed by atoms with E-state index in [0.717, 1.165) is 18.4 Å². The standard InChI is InChI=1S/C43H72O21/c1-17-11-19-7-8-26-42(3,9-6-10-43(26,4)41(57)64-40-35(55)32(52)29(49)24(15-45)61-40)21(19)12-20(17)13-22-36(62-38(56)33(53)27(47)18(2)58-5)37(30(50)25(16-46)59-22)63-39-34(54)31(51)28(48)23(14-44)60-39/h18-40,44-56H,1,6-16H2,2-5H3/t18?,19?,20?,21-,22?,23?,24?,25?,26?,27?,28?,29?,30?,31?,32?,33?,34?,35?,36?,37?,38?,39?,40?,42+,43-/m1/s1. The monoisotopic (exact) mass is 924 g/mol. The topological polar surface area (TPSA) is 345 Å². The van der Waals surface area contributed by atoms with E-state index in [-0.39, 0.29) is 30.1 Å². The highest BCUT2D eigenvalue weighted by Crippen LogP contribution is 2.65. The van der Waals surface area contributed by atoms with E-state index in [1.54, 1.807) is 0 Å². The fourth-order valence-corrected chi connectivity index (χ4v) is 11.8.